The summed E-state index contributed by atoms with van der Waals surface area (Å²) in [7, 11) is 0. The van der Waals surface area contributed by atoms with Crippen molar-refractivity contribution in [2.24, 2.45) is 0 Å². The van der Waals surface area contributed by atoms with Crippen LogP contribution >= 0.6 is 0 Å². The fourth-order valence-corrected chi connectivity index (χ4v) is 4.00. The minimum Gasteiger partial charge on any atom is -0.507 e. The summed E-state index contributed by atoms with van der Waals surface area (Å²) in [5.41, 5.74) is 0.950. The van der Waals surface area contributed by atoms with Crippen LogP contribution in [0, 0.1) is 5.82 Å². The lowest BCUT2D eigenvalue weighted by molar-refractivity contribution is -0.140. The third-order valence-electron chi connectivity index (χ3n) is 5.86. The second-order valence-electron chi connectivity index (χ2n) is 7.95. The molecular formula is C26H31FN2O4. The molecule has 7 heteroatoms. The van der Waals surface area contributed by atoms with E-state index in [2.05, 4.69) is 4.90 Å². The summed E-state index contributed by atoms with van der Waals surface area (Å²) in [4.78, 5) is 29.7. The SMILES string of the molecule is CCCOc1cccc(/C(O)=C2/C(=O)C(=O)N(CCN(CC)CC)C2c2ccc(F)cc2)c1. The van der Waals surface area contributed by atoms with Crippen molar-refractivity contribution in [2.45, 2.75) is 33.2 Å². The molecule has 33 heavy (non-hydrogen) atoms. The third-order valence-corrected chi connectivity index (χ3v) is 5.86. The minimum absolute atomic E-state index is 0.00111. The van der Waals surface area contributed by atoms with Crippen LogP contribution in [0.25, 0.3) is 5.76 Å². The van der Waals surface area contributed by atoms with Gasteiger partial charge in [-0.25, -0.2) is 4.39 Å². The van der Waals surface area contributed by atoms with Crippen molar-refractivity contribution < 1.29 is 23.8 Å². The maximum atomic E-state index is 13.6. The molecule has 1 atom stereocenters. The summed E-state index contributed by atoms with van der Waals surface area (Å²) in [6, 6.07) is 11.7. The van der Waals surface area contributed by atoms with Crippen molar-refractivity contribution in [1.29, 1.82) is 0 Å². The van der Waals surface area contributed by atoms with Crippen LogP contribution < -0.4 is 4.74 Å². The van der Waals surface area contributed by atoms with E-state index in [4.69, 9.17) is 4.74 Å². The van der Waals surface area contributed by atoms with Crippen molar-refractivity contribution in [3.8, 4) is 5.75 Å². The normalized spacial score (nSPS) is 17.7. The molecule has 1 saturated heterocycles. The predicted octanol–water partition coefficient (Wildman–Crippen LogP) is 4.38. The highest BCUT2D eigenvalue weighted by molar-refractivity contribution is 6.46. The van der Waals surface area contributed by atoms with Gasteiger partial charge in [0.1, 0.15) is 17.3 Å². The summed E-state index contributed by atoms with van der Waals surface area (Å²) in [6.45, 7) is 9.09. The number of nitrogens with zero attached hydrogens (tertiary/aromatic N) is 2. The van der Waals surface area contributed by atoms with E-state index >= 15 is 0 Å². The number of amides is 1. The van der Waals surface area contributed by atoms with Crippen LogP contribution in [0.2, 0.25) is 0 Å². The Morgan fingerprint density at radius 3 is 2.42 bits per heavy atom. The van der Waals surface area contributed by atoms with Crippen molar-refractivity contribution in [2.75, 3.05) is 32.8 Å². The van der Waals surface area contributed by atoms with Crippen LogP contribution in [0.3, 0.4) is 0 Å². The first-order chi connectivity index (χ1) is 15.9. The minimum atomic E-state index is -0.804. The van der Waals surface area contributed by atoms with Crippen LogP contribution in [-0.2, 0) is 9.59 Å². The van der Waals surface area contributed by atoms with Gasteiger partial charge in [-0.3, -0.25) is 9.59 Å². The first-order valence-corrected chi connectivity index (χ1v) is 11.4. The van der Waals surface area contributed by atoms with Crippen molar-refractivity contribution >= 4 is 17.4 Å². The van der Waals surface area contributed by atoms with E-state index in [1.807, 2.05) is 20.8 Å². The number of likely N-dealkylation sites (N-methyl/N-ethyl adjacent to an activating group) is 1. The quantitative estimate of drug-likeness (QED) is 0.328. The van der Waals surface area contributed by atoms with Gasteiger partial charge in [0.25, 0.3) is 11.7 Å². The van der Waals surface area contributed by atoms with Gasteiger partial charge in [0.2, 0.25) is 0 Å². The van der Waals surface area contributed by atoms with Crippen LogP contribution in [-0.4, -0.2) is 59.4 Å². The van der Waals surface area contributed by atoms with Gasteiger partial charge in [0.05, 0.1) is 18.2 Å². The number of hydrogen-bond acceptors (Lipinski definition) is 5. The Hall–Kier alpha value is -3.19. The van der Waals surface area contributed by atoms with Crippen molar-refractivity contribution in [1.82, 2.24) is 9.80 Å². The Kier molecular flexibility index (Phi) is 8.22. The lowest BCUT2D eigenvalue weighted by atomic mass is 9.95. The standard InChI is InChI=1S/C26H31FN2O4/c1-4-16-33-21-9-7-8-19(17-21)24(30)22-23(18-10-12-20(27)13-11-18)29(26(32)25(22)31)15-14-28(5-2)6-3/h7-13,17,23,30H,4-6,14-16H2,1-3H3/b24-22-. The number of aliphatic hydroxyl groups excluding tert-OH is 1. The Morgan fingerprint density at radius 1 is 1.09 bits per heavy atom. The van der Waals surface area contributed by atoms with E-state index in [1.54, 1.807) is 36.4 Å². The Bertz CT molecular complexity index is 1020. The van der Waals surface area contributed by atoms with E-state index in [0.29, 0.717) is 36.6 Å². The fraction of sp³-hybridized carbons (Fsp3) is 0.385. The van der Waals surface area contributed by atoms with Gasteiger partial charge in [-0.2, -0.15) is 0 Å². The van der Waals surface area contributed by atoms with Gasteiger partial charge >= 0.3 is 0 Å². The lowest BCUT2D eigenvalue weighted by Gasteiger charge is -2.28. The highest BCUT2D eigenvalue weighted by Gasteiger charge is 2.46. The number of hydrogen-bond donors (Lipinski definition) is 1. The summed E-state index contributed by atoms with van der Waals surface area (Å²) >= 11 is 0. The van der Waals surface area contributed by atoms with Gasteiger partial charge in [-0.05, 0) is 49.3 Å². The third kappa shape index (κ3) is 5.42. The summed E-state index contributed by atoms with van der Waals surface area (Å²) in [6.07, 6.45) is 0.832. The zero-order chi connectivity index (χ0) is 24.0. The van der Waals surface area contributed by atoms with Crippen LogP contribution in [0.1, 0.15) is 44.4 Å². The molecule has 0 bridgehead atoms. The fourth-order valence-electron chi connectivity index (χ4n) is 4.00. The zero-order valence-electron chi connectivity index (χ0n) is 19.4. The number of ketones is 1. The number of halogens is 1. The molecule has 2 aromatic rings. The maximum Gasteiger partial charge on any atom is 0.295 e. The molecule has 0 saturated carbocycles. The van der Waals surface area contributed by atoms with Gasteiger partial charge in [0, 0.05) is 18.7 Å². The molecule has 1 amide bonds. The summed E-state index contributed by atoms with van der Waals surface area (Å²) < 4.78 is 19.3. The topological polar surface area (TPSA) is 70.1 Å². The molecule has 2 aromatic carbocycles. The summed E-state index contributed by atoms with van der Waals surface area (Å²) in [5.74, 6) is -1.54. The lowest BCUT2D eigenvalue weighted by Crippen LogP contribution is -2.38. The second kappa shape index (κ2) is 11.1. The molecule has 1 heterocycles. The van der Waals surface area contributed by atoms with Crippen LogP contribution in [0.5, 0.6) is 5.75 Å². The molecule has 6 nitrogen and oxygen atoms in total. The van der Waals surface area contributed by atoms with Crippen molar-refractivity contribution in [3.05, 3.63) is 71.0 Å². The molecular weight excluding hydrogens is 423 g/mol. The van der Waals surface area contributed by atoms with E-state index in [1.165, 1.54) is 17.0 Å². The number of carbonyl (C=O) groups excluding carboxylic acids is 2. The molecule has 0 aliphatic carbocycles. The number of Topliss-reactive ketones (excluding diaryl/α,β-unsaturated/α-hetero) is 1. The Labute approximate surface area is 194 Å². The molecule has 176 valence electrons. The molecule has 1 fully saturated rings. The average molecular weight is 455 g/mol. The molecule has 1 N–H and O–H groups in total. The smallest absolute Gasteiger partial charge is 0.295 e. The number of rotatable bonds is 10. The Balaban J connectivity index is 2.06. The van der Waals surface area contributed by atoms with E-state index in [9.17, 15) is 19.1 Å². The number of carbonyl (C=O) groups is 2. The van der Waals surface area contributed by atoms with Gasteiger partial charge in [0.15, 0.2) is 0 Å². The summed E-state index contributed by atoms with van der Waals surface area (Å²) in [5, 5.41) is 11.2. The maximum absolute atomic E-state index is 13.6. The number of aliphatic hydroxyl groups is 1. The van der Waals surface area contributed by atoms with Gasteiger partial charge < -0.3 is 19.6 Å². The largest absolute Gasteiger partial charge is 0.507 e. The molecule has 1 unspecified atom stereocenters. The monoisotopic (exact) mass is 454 g/mol. The molecule has 1 aliphatic rings. The number of ether oxygens (including phenoxy) is 1. The van der Waals surface area contributed by atoms with Crippen LogP contribution in [0.4, 0.5) is 4.39 Å². The van der Waals surface area contributed by atoms with E-state index < -0.39 is 23.5 Å². The van der Waals surface area contributed by atoms with Crippen molar-refractivity contribution in [3.63, 3.8) is 0 Å². The predicted molar refractivity (Wildman–Crippen MR) is 125 cm³/mol. The number of likely N-dealkylation sites (tertiary alicyclic amines) is 1. The van der Waals surface area contributed by atoms with Gasteiger partial charge in [-0.15, -0.1) is 0 Å². The van der Waals surface area contributed by atoms with Crippen LogP contribution in [0.15, 0.2) is 54.1 Å². The molecule has 0 radical (unpaired) electrons. The molecule has 0 spiro atoms. The molecule has 3 rings (SSSR count). The second-order valence-corrected chi connectivity index (χ2v) is 7.95. The van der Waals surface area contributed by atoms with E-state index in [0.717, 1.165) is 19.5 Å². The Morgan fingerprint density at radius 2 is 1.79 bits per heavy atom. The molecule has 1 aliphatic heterocycles. The first kappa shape index (κ1) is 24.5. The van der Waals surface area contributed by atoms with Gasteiger partial charge in [-0.1, -0.05) is 45.0 Å². The average Bonchev–Trinajstić information content (AvgIpc) is 3.08. The highest BCUT2D eigenvalue weighted by atomic mass is 19.1. The molecule has 0 aromatic heterocycles. The van der Waals surface area contributed by atoms with E-state index in [-0.39, 0.29) is 11.3 Å². The highest BCUT2D eigenvalue weighted by Crippen LogP contribution is 2.39. The first-order valence-electron chi connectivity index (χ1n) is 11.4. The zero-order valence-corrected chi connectivity index (χ0v) is 19.4. The number of benzene rings is 2.